The Morgan fingerprint density at radius 2 is 1.62 bits per heavy atom. The van der Waals surface area contributed by atoms with Gasteiger partial charge in [-0.15, -0.1) is 18.3 Å². The lowest BCUT2D eigenvalue weighted by molar-refractivity contribution is -0.205. The number of esters is 1. The number of ether oxygens (including phenoxy) is 1. The monoisotopic (exact) mass is 679 g/mol. The molecule has 4 rings (SSSR count). The number of thioether (sulfide) groups is 1. The van der Waals surface area contributed by atoms with E-state index in [4.69, 9.17) is 20.7 Å². The minimum atomic E-state index is -0.759. The molecule has 4 fully saturated rings. The van der Waals surface area contributed by atoms with Crippen LogP contribution in [0.1, 0.15) is 130 Å². The summed E-state index contributed by atoms with van der Waals surface area (Å²) in [7, 11) is 0. The largest absolute Gasteiger partial charge is 0.481 e. The van der Waals surface area contributed by atoms with Crippen molar-refractivity contribution in [2.24, 2.45) is 39.7 Å². The fourth-order valence-electron chi connectivity index (χ4n) is 9.30. The molecule has 10 heteroatoms. The van der Waals surface area contributed by atoms with Crippen LogP contribution in [-0.4, -0.2) is 68.3 Å². The highest BCUT2D eigenvalue weighted by Crippen LogP contribution is 2.68. The molecule has 0 aliphatic heterocycles. The third-order valence-corrected chi connectivity index (χ3v) is 13.8. The SMILES string of the molecule is C=C[C@]1(C)C[C@@H](OC(=O)CSC2CCCC(N)C2)[C@]2(C)[C@H](C)CC[C@]3(CCC(=O)[C@H]32)[C@@H](C)[C@@H]1O.O=C(O)CCCCCCCC(=O)O. The molecule has 2 unspecified atom stereocenters. The number of ketones is 1. The summed E-state index contributed by atoms with van der Waals surface area (Å²) in [6, 6.07) is 0.230. The van der Waals surface area contributed by atoms with Gasteiger partial charge in [0.25, 0.3) is 0 Å². The van der Waals surface area contributed by atoms with Gasteiger partial charge < -0.3 is 25.8 Å². The Balaban J connectivity index is 0.000000392. The number of carboxylic acids is 2. The van der Waals surface area contributed by atoms with Crippen LogP contribution in [0, 0.1) is 34.0 Å². The molecule has 10 atom stereocenters. The van der Waals surface area contributed by atoms with E-state index >= 15 is 0 Å². The Labute approximate surface area is 286 Å². The van der Waals surface area contributed by atoms with E-state index in [-0.39, 0.29) is 48.0 Å². The van der Waals surface area contributed by atoms with Crippen LogP contribution >= 0.6 is 11.8 Å². The van der Waals surface area contributed by atoms with Gasteiger partial charge in [0.05, 0.1) is 11.9 Å². The number of aliphatic hydroxyl groups is 1. The van der Waals surface area contributed by atoms with Crippen molar-refractivity contribution in [3.8, 4) is 0 Å². The molecule has 4 saturated carbocycles. The average molecular weight is 680 g/mol. The van der Waals surface area contributed by atoms with E-state index in [1.807, 2.05) is 13.0 Å². The molecule has 0 saturated heterocycles. The second-order valence-corrected chi connectivity index (χ2v) is 16.8. The molecule has 0 heterocycles. The Bertz CT molecular complexity index is 1100. The maximum atomic E-state index is 13.5. The van der Waals surface area contributed by atoms with Gasteiger partial charge in [-0.05, 0) is 75.0 Å². The van der Waals surface area contributed by atoms with Crippen molar-refractivity contribution in [3.05, 3.63) is 12.7 Å². The molecule has 5 N–H and O–H groups in total. The number of carbonyl (C=O) groups is 4. The van der Waals surface area contributed by atoms with E-state index in [9.17, 15) is 24.3 Å². The van der Waals surface area contributed by atoms with Gasteiger partial charge in [-0.3, -0.25) is 19.2 Å². The van der Waals surface area contributed by atoms with Gasteiger partial charge in [0.2, 0.25) is 0 Å². The number of carbonyl (C=O) groups excluding carboxylic acids is 2. The molecule has 0 amide bonds. The Kier molecular flexibility index (Phi) is 14.4. The molecule has 268 valence electrons. The minimum Gasteiger partial charge on any atom is -0.481 e. The maximum Gasteiger partial charge on any atom is 0.316 e. The lowest BCUT2D eigenvalue weighted by Gasteiger charge is -2.61. The Hall–Kier alpha value is -1.91. The smallest absolute Gasteiger partial charge is 0.316 e. The lowest BCUT2D eigenvalue weighted by atomic mass is 9.44. The molecule has 0 aromatic carbocycles. The number of rotatable bonds is 13. The summed E-state index contributed by atoms with van der Waals surface area (Å²) in [5.41, 5.74) is 4.87. The predicted molar refractivity (Wildman–Crippen MR) is 185 cm³/mol. The summed E-state index contributed by atoms with van der Waals surface area (Å²) in [5, 5.41) is 28.6. The lowest BCUT2D eigenvalue weighted by Crippen LogP contribution is -2.63. The van der Waals surface area contributed by atoms with Crippen LogP contribution in [0.3, 0.4) is 0 Å². The van der Waals surface area contributed by atoms with Crippen molar-refractivity contribution >= 4 is 35.5 Å². The molecular formula is C37H61NO8S. The van der Waals surface area contributed by atoms with Crippen LogP contribution < -0.4 is 5.73 Å². The summed E-state index contributed by atoms with van der Waals surface area (Å²) in [6.07, 6.45) is 13.4. The quantitative estimate of drug-likeness (QED) is 0.0926. The molecule has 47 heavy (non-hydrogen) atoms. The van der Waals surface area contributed by atoms with Crippen LogP contribution in [0.25, 0.3) is 0 Å². The zero-order chi connectivity index (χ0) is 35.0. The van der Waals surface area contributed by atoms with Gasteiger partial charge in [-0.1, -0.05) is 59.5 Å². The second kappa shape index (κ2) is 17.1. The van der Waals surface area contributed by atoms with Gasteiger partial charge in [-0.2, -0.15) is 0 Å². The topological polar surface area (TPSA) is 164 Å². The van der Waals surface area contributed by atoms with Crippen LogP contribution in [-0.2, 0) is 23.9 Å². The number of nitrogens with two attached hydrogens (primary N) is 1. The second-order valence-electron chi connectivity index (χ2n) is 15.5. The van der Waals surface area contributed by atoms with Crippen molar-refractivity contribution < 1.29 is 39.2 Å². The van der Waals surface area contributed by atoms with Crippen LogP contribution in [0.2, 0.25) is 0 Å². The van der Waals surface area contributed by atoms with Crippen molar-refractivity contribution in [1.82, 2.24) is 0 Å². The Morgan fingerprint density at radius 3 is 2.19 bits per heavy atom. The first kappa shape index (κ1) is 39.5. The van der Waals surface area contributed by atoms with Crippen molar-refractivity contribution in [2.75, 3.05) is 5.75 Å². The third-order valence-electron chi connectivity index (χ3n) is 12.5. The molecule has 0 radical (unpaired) electrons. The van der Waals surface area contributed by atoms with E-state index in [1.54, 1.807) is 11.8 Å². The molecule has 0 spiro atoms. The third kappa shape index (κ3) is 9.41. The van der Waals surface area contributed by atoms with Gasteiger partial charge >= 0.3 is 17.9 Å². The van der Waals surface area contributed by atoms with E-state index in [1.165, 1.54) is 0 Å². The van der Waals surface area contributed by atoms with Crippen molar-refractivity contribution in [1.29, 1.82) is 0 Å². The maximum absolute atomic E-state index is 13.5. The number of Topliss-reactive ketones (excluding diaryl/α,β-unsaturated/α-hetero) is 1. The number of aliphatic hydroxyl groups excluding tert-OH is 1. The first-order valence-corrected chi connectivity index (χ1v) is 19.0. The number of hydrogen-bond acceptors (Lipinski definition) is 8. The summed E-state index contributed by atoms with van der Waals surface area (Å²) in [5.74, 6) is -1.06. The fourth-order valence-corrected chi connectivity index (χ4v) is 10.5. The molecule has 2 bridgehead atoms. The van der Waals surface area contributed by atoms with E-state index in [0.29, 0.717) is 42.5 Å². The Morgan fingerprint density at radius 1 is 1.00 bits per heavy atom. The van der Waals surface area contributed by atoms with Gasteiger partial charge in [0.1, 0.15) is 11.9 Å². The highest BCUT2D eigenvalue weighted by molar-refractivity contribution is 8.00. The highest BCUT2D eigenvalue weighted by Gasteiger charge is 2.68. The summed E-state index contributed by atoms with van der Waals surface area (Å²) in [6.45, 7) is 12.7. The number of carboxylic acid groups (broad SMARTS) is 2. The molecule has 4 aliphatic rings. The number of aliphatic carboxylic acids is 2. The summed E-state index contributed by atoms with van der Waals surface area (Å²) in [4.78, 5) is 46.9. The van der Waals surface area contributed by atoms with Gasteiger partial charge in [-0.25, -0.2) is 0 Å². The summed E-state index contributed by atoms with van der Waals surface area (Å²) >= 11 is 1.66. The normalized spacial score (nSPS) is 38.2. The van der Waals surface area contributed by atoms with E-state index < -0.39 is 35.0 Å². The van der Waals surface area contributed by atoms with E-state index in [2.05, 4.69) is 27.4 Å². The molecular weight excluding hydrogens is 618 g/mol. The standard InChI is InChI=1S/C28H45NO4S.C9H16O4/c1-6-26(4)15-22(33-23(31)16-34-20-9-7-8-19(29)14-20)27(5)17(2)10-12-28(18(3)25(26)32)13-11-21(30)24(27)28;10-8(11)6-4-2-1-3-5-7-9(12)13/h6,17-20,22,24-25,32H,1,7-16,29H2,2-5H3;1-7H2,(H,10,11)(H,12,13)/t17-,18+,19?,20?,22-,24+,25+,26-,27+,28+;/m1./s1. The van der Waals surface area contributed by atoms with Gasteiger partial charge in [0, 0.05) is 47.3 Å². The fraction of sp³-hybridized carbons (Fsp3) is 0.838. The zero-order valence-electron chi connectivity index (χ0n) is 29.2. The minimum absolute atomic E-state index is 0.0125. The van der Waals surface area contributed by atoms with Crippen LogP contribution in [0.4, 0.5) is 0 Å². The van der Waals surface area contributed by atoms with Crippen molar-refractivity contribution in [2.45, 2.75) is 154 Å². The number of unbranched alkanes of at least 4 members (excludes halogenated alkanes) is 4. The van der Waals surface area contributed by atoms with Crippen molar-refractivity contribution in [3.63, 3.8) is 0 Å². The van der Waals surface area contributed by atoms with Crippen LogP contribution in [0.15, 0.2) is 12.7 Å². The number of hydrogen-bond donors (Lipinski definition) is 4. The first-order valence-electron chi connectivity index (χ1n) is 17.9. The predicted octanol–water partition coefficient (Wildman–Crippen LogP) is 6.78. The molecule has 0 aromatic heterocycles. The van der Waals surface area contributed by atoms with Gasteiger partial charge in [0.15, 0.2) is 0 Å². The average Bonchev–Trinajstić information content (AvgIpc) is 3.38. The van der Waals surface area contributed by atoms with Crippen LogP contribution in [0.5, 0.6) is 0 Å². The molecule has 4 aliphatic carbocycles. The zero-order valence-corrected chi connectivity index (χ0v) is 30.0. The first-order chi connectivity index (χ1) is 22.1. The summed E-state index contributed by atoms with van der Waals surface area (Å²) < 4.78 is 6.34. The highest BCUT2D eigenvalue weighted by atomic mass is 32.2. The molecule has 0 aromatic rings. The van der Waals surface area contributed by atoms with E-state index in [0.717, 1.165) is 64.2 Å². The molecule has 9 nitrogen and oxygen atoms in total.